The highest BCUT2D eigenvalue weighted by molar-refractivity contribution is 5.48. The van der Waals surface area contributed by atoms with Crippen molar-refractivity contribution in [2.45, 2.75) is 37.7 Å². The lowest BCUT2D eigenvalue weighted by Crippen LogP contribution is -2.23. The Morgan fingerprint density at radius 3 is 2.53 bits per heavy atom. The summed E-state index contributed by atoms with van der Waals surface area (Å²) in [6.45, 7) is 0. The van der Waals surface area contributed by atoms with Crippen LogP contribution >= 0.6 is 0 Å². The maximum atomic E-state index is 10.1. The van der Waals surface area contributed by atoms with E-state index in [0.717, 1.165) is 36.3 Å². The summed E-state index contributed by atoms with van der Waals surface area (Å²) in [6, 6.07) is 5.87. The number of rotatable bonds is 3. The van der Waals surface area contributed by atoms with Crippen LogP contribution in [0.1, 0.15) is 37.2 Å². The second kappa shape index (κ2) is 5.41. The topological polar surface area (TPSA) is 38.7 Å². The predicted octanol–water partition coefficient (Wildman–Crippen LogP) is 2.72. The molecule has 0 heterocycles. The Balaban J connectivity index is 2.36. The molecule has 1 aromatic carbocycles. The minimum atomic E-state index is -0.259. The Morgan fingerprint density at radius 2 is 1.88 bits per heavy atom. The van der Waals surface area contributed by atoms with Crippen molar-refractivity contribution in [2.75, 3.05) is 14.2 Å². The van der Waals surface area contributed by atoms with E-state index in [1.165, 1.54) is 6.42 Å². The highest BCUT2D eigenvalue weighted by Crippen LogP contribution is 2.41. The van der Waals surface area contributed by atoms with E-state index in [9.17, 15) is 5.11 Å². The van der Waals surface area contributed by atoms with E-state index in [0.29, 0.717) is 0 Å². The van der Waals surface area contributed by atoms with Crippen LogP contribution in [0, 0.1) is 0 Å². The lowest BCUT2D eigenvalue weighted by atomic mass is 9.81. The lowest BCUT2D eigenvalue weighted by molar-refractivity contribution is 0.105. The maximum Gasteiger partial charge on any atom is 0.164 e. The van der Waals surface area contributed by atoms with Gasteiger partial charge in [-0.05, 0) is 18.9 Å². The summed E-state index contributed by atoms with van der Waals surface area (Å²) in [7, 11) is 3.29. The van der Waals surface area contributed by atoms with Gasteiger partial charge in [-0.1, -0.05) is 25.0 Å². The molecule has 2 atom stereocenters. The van der Waals surface area contributed by atoms with Crippen LogP contribution in [0.5, 0.6) is 11.5 Å². The average molecular weight is 236 g/mol. The molecule has 1 fully saturated rings. The van der Waals surface area contributed by atoms with Gasteiger partial charge in [0.25, 0.3) is 0 Å². The van der Waals surface area contributed by atoms with Crippen molar-refractivity contribution in [1.29, 1.82) is 0 Å². The van der Waals surface area contributed by atoms with E-state index in [1.54, 1.807) is 14.2 Å². The zero-order valence-corrected chi connectivity index (χ0v) is 10.5. The van der Waals surface area contributed by atoms with Crippen molar-refractivity contribution in [3.8, 4) is 11.5 Å². The van der Waals surface area contributed by atoms with E-state index in [1.807, 2.05) is 18.2 Å². The van der Waals surface area contributed by atoms with Gasteiger partial charge in [0.05, 0.1) is 20.3 Å². The molecule has 0 saturated heterocycles. The smallest absolute Gasteiger partial charge is 0.164 e. The average Bonchev–Trinajstić information content (AvgIpc) is 2.38. The van der Waals surface area contributed by atoms with E-state index in [4.69, 9.17) is 9.47 Å². The molecule has 0 radical (unpaired) electrons. The molecule has 1 saturated carbocycles. The minimum absolute atomic E-state index is 0.175. The van der Waals surface area contributed by atoms with Crippen LogP contribution in [-0.4, -0.2) is 25.4 Å². The quantitative estimate of drug-likeness (QED) is 0.877. The Hall–Kier alpha value is -1.22. The summed E-state index contributed by atoms with van der Waals surface area (Å²) in [5.41, 5.74) is 1.07. The fourth-order valence-corrected chi connectivity index (χ4v) is 2.68. The number of aliphatic hydroxyl groups excluding tert-OH is 1. The summed E-state index contributed by atoms with van der Waals surface area (Å²) in [5, 5.41) is 10.1. The minimum Gasteiger partial charge on any atom is -0.493 e. The van der Waals surface area contributed by atoms with Crippen LogP contribution in [-0.2, 0) is 0 Å². The van der Waals surface area contributed by atoms with Crippen LogP contribution in [0.3, 0.4) is 0 Å². The summed E-state index contributed by atoms with van der Waals surface area (Å²) in [6.07, 6.45) is 3.92. The summed E-state index contributed by atoms with van der Waals surface area (Å²) in [4.78, 5) is 0. The Kier molecular flexibility index (Phi) is 3.89. The fourth-order valence-electron chi connectivity index (χ4n) is 2.68. The number of hydrogen-bond acceptors (Lipinski definition) is 3. The SMILES string of the molecule is COc1cccc([C@@H]2CCCC[C@H]2O)c1OC. The van der Waals surface area contributed by atoms with Gasteiger partial charge in [0.1, 0.15) is 0 Å². The first-order chi connectivity index (χ1) is 8.27. The largest absolute Gasteiger partial charge is 0.493 e. The van der Waals surface area contributed by atoms with Gasteiger partial charge in [0.2, 0.25) is 0 Å². The zero-order valence-electron chi connectivity index (χ0n) is 10.5. The summed E-state index contributed by atoms with van der Waals surface area (Å²) < 4.78 is 10.7. The van der Waals surface area contributed by atoms with E-state index in [2.05, 4.69) is 0 Å². The van der Waals surface area contributed by atoms with Gasteiger partial charge in [-0.2, -0.15) is 0 Å². The summed E-state index contributed by atoms with van der Waals surface area (Å²) in [5.74, 6) is 1.68. The molecule has 1 N–H and O–H groups in total. The Labute approximate surface area is 102 Å². The Bertz CT molecular complexity index is 376. The summed E-state index contributed by atoms with van der Waals surface area (Å²) >= 11 is 0. The number of aliphatic hydroxyl groups is 1. The van der Waals surface area contributed by atoms with Gasteiger partial charge in [-0.25, -0.2) is 0 Å². The second-order valence-electron chi connectivity index (χ2n) is 4.54. The van der Waals surface area contributed by atoms with Gasteiger partial charge in [-0.3, -0.25) is 0 Å². The van der Waals surface area contributed by atoms with Gasteiger partial charge in [0.15, 0.2) is 11.5 Å². The third-order valence-corrected chi connectivity index (χ3v) is 3.56. The first kappa shape index (κ1) is 12.2. The lowest BCUT2D eigenvalue weighted by Gasteiger charge is -2.29. The molecule has 0 aliphatic heterocycles. The first-order valence-electron chi connectivity index (χ1n) is 6.17. The second-order valence-corrected chi connectivity index (χ2v) is 4.54. The van der Waals surface area contributed by atoms with Crippen LogP contribution in [0.4, 0.5) is 0 Å². The molecule has 1 aliphatic rings. The van der Waals surface area contributed by atoms with E-state index < -0.39 is 0 Å². The Morgan fingerprint density at radius 1 is 1.12 bits per heavy atom. The third-order valence-electron chi connectivity index (χ3n) is 3.56. The van der Waals surface area contributed by atoms with Gasteiger partial charge < -0.3 is 14.6 Å². The van der Waals surface area contributed by atoms with Crippen LogP contribution in [0.25, 0.3) is 0 Å². The van der Waals surface area contributed by atoms with Crippen LogP contribution < -0.4 is 9.47 Å². The molecule has 94 valence electrons. The van der Waals surface area contributed by atoms with Crippen molar-refractivity contribution in [1.82, 2.24) is 0 Å². The first-order valence-corrected chi connectivity index (χ1v) is 6.17. The molecule has 3 nitrogen and oxygen atoms in total. The number of ether oxygens (including phenoxy) is 2. The molecule has 0 aromatic heterocycles. The van der Waals surface area contributed by atoms with Crippen molar-refractivity contribution >= 4 is 0 Å². The fraction of sp³-hybridized carbons (Fsp3) is 0.571. The van der Waals surface area contributed by atoms with Gasteiger partial charge >= 0.3 is 0 Å². The van der Waals surface area contributed by atoms with Crippen molar-refractivity contribution < 1.29 is 14.6 Å². The predicted molar refractivity (Wildman–Crippen MR) is 66.8 cm³/mol. The monoisotopic (exact) mass is 236 g/mol. The van der Waals surface area contributed by atoms with E-state index >= 15 is 0 Å². The molecular formula is C14H20O3. The van der Waals surface area contributed by atoms with Crippen LogP contribution in [0.2, 0.25) is 0 Å². The molecule has 1 aromatic rings. The molecule has 2 rings (SSSR count). The van der Waals surface area contributed by atoms with Gasteiger partial charge in [0, 0.05) is 11.5 Å². The number of methoxy groups -OCH3 is 2. The van der Waals surface area contributed by atoms with Crippen molar-refractivity contribution in [2.24, 2.45) is 0 Å². The van der Waals surface area contributed by atoms with Crippen molar-refractivity contribution in [3.63, 3.8) is 0 Å². The zero-order chi connectivity index (χ0) is 12.3. The molecule has 0 spiro atoms. The molecule has 0 bridgehead atoms. The third kappa shape index (κ3) is 2.39. The molecule has 17 heavy (non-hydrogen) atoms. The molecule has 3 heteroatoms. The van der Waals surface area contributed by atoms with E-state index in [-0.39, 0.29) is 12.0 Å². The molecular weight excluding hydrogens is 216 g/mol. The molecule has 0 amide bonds. The highest BCUT2D eigenvalue weighted by Gasteiger charge is 2.28. The highest BCUT2D eigenvalue weighted by atomic mass is 16.5. The maximum absolute atomic E-state index is 10.1. The normalized spacial score (nSPS) is 24.4. The standard InChI is InChI=1S/C14H20O3/c1-16-13-9-5-7-11(14(13)17-2)10-6-3-4-8-12(10)15/h5,7,9-10,12,15H,3-4,6,8H2,1-2H3/t10-,12+/m0/s1. The number of benzene rings is 1. The number of para-hydroxylation sites is 1. The molecule has 1 aliphatic carbocycles. The van der Waals surface area contributed by atoms with Gasteiger partial charge in [-0.15, -0.1) is 0 Å². The van der Waals surface area contributed by atoms with Crippen LogP contribution in [0.15, 0.2) is 18.2 Å². The number of hydrogen-bond donors (Lipinski definition) is 1. The van der Waals surface area contributed by atoms with Crippen molar-refractivity contribution in [3.05, 3.63) is 23.8 Å². The molecule has 0 unspecified atom stereocenters.